The van der Waals surface area contributed by atoms with Crippen molar-refractivity contribution in [3.8, 4) is 0 Å². The Bertz CT molecular complexity index is 664. The molecule has 3 rings (SSSR count). The smallest absolute Gasteiger partial charge is 0.290 e. The molecule has 2 fully saturated rings. The van der Waals surface area contributed by atoms with Gasteiger partial charge in [-0.2, -0.15) is 8.78 Å². The number of piperazine rings is 1. The van der Waals surface area contributed by atoms with Gasteiger partial charge in [0.1, 0.15) is 5.03 Å². The molecular formula is C17H22F2N4O2S. The molecule has 2 heterocycles. The number of aromatic nitrogens is 1. The Morgan fingerprint density at radius 2 is 1.96 bits per heavy atom. The fourth-order valence-electron chi connectivity index (χ4n) is 2.93. The van der Waals surface area contributed by atoms with E-state index in [9.17, 15) is 18.4 Å². The van der Waals surface area contributed by atoms with E-state index in [1.165, 1.54) is 12.3 Å². The van der Waals surface area contributed by atoms with Crippen LogP contribution >= 0.6 is 11.8 Å². The maximum atomic E-state index is 12.7. The molecule has 1 aromatic rings. The van der Waals surface area contributed by atoms with Crippen molar-refractivity contribution in [3.05, 3.63) is 23.9 Å². The molecule has 2 aliphatic rings. The number of hydrogen-bond acceptors (Lipinski definition) is 5. The number of carbonyl (C=O) groups excluding carboxylic acids is 2. The summed E-state index contributed by atoms with van der Waals surface area (Å²) in [6.07, 6.45) is 3.50. The average molecular weight is 384 g/mol. The van der Waals surface area contributed by atoms with E-state index in [2.05, 4.69) is 10.3 Å². The first-order chi connectivity index (χ1) is 12.5. The monoisotopic (exact) mass is 384 g/mol. The summed E-state index contributed by atoms with van der Waals surface area (Å²) in [6.45, 7) is 3.92. The van der Waals surface area contributed by atoms with Gasteiger partial charge in [0.25, 0.3) is 11.7 Å². The van der Waals surface area contributed by atoms with E-state index in [0.29, 0.717) is 32.2 Å². The zero-order valence-electron chi connectivity index (χ0n) is 14.5. The van der Waals surface area contributed by atoms with Crippen molar-refractivity contribution >= 4 is 23.6 Å². The highest BCUT2D eigenvalue weighted by Gasteiger charge is 2.31. The topological polar surface area (TPSA) is 65.5 Å². The second kappa shape index (κ2) is 8.30. The highest BCUT2D eigenvalue weighted by atomic mass is 32.2. The predicted octanol–water partition coefficient (Wildman–Crippen LogP) is 1.82. The SMILES string of the molecule is CC(C(=O)NC1CC1)N1CCN(C(=O)c2cccnc2SC(F)F)CC1. The van der Waals surface area contributed by atoms with Crippen molar-refractivity contribution in [2.45, 2.75) is 42.6 Å². The van der Waals surface area contributed by atoms with E-state index < -0.39 is 5.76 Å². The van der Waals surface area contributed by atoms with Crippen molar-refractivity contribution < 1.29 is 18.4 Å². The molecule has 1 atom stereocenters. The molecule has 0 aromatic carbocycles. The lowest BCUT2D eigenvalue weighted by atomic mass is 10.2. The first kappa shape index (κ1) is 19.0. The average Bonchev–Trinajstić information content (AvgIpc) is 3.44. The molecule has 0 spiro atoms. The Hall–Kier alpha value is -1.74. The quantitative estimate of drug-likeness (QED) is 0.758. The van der Waals surface area contributed by atoms with Crippen LogP contribution in [0.3, 0.4) is 0 Å². The maximum Gasteiger partial charge on any atom is 0.290 e. The summed E-state index contributed by atoms with van der Waals surface area (Å²) in [5, 5.41) is 3.04. The van der Waals surface area contributed by atoms with Crippen LogP contribution in [0.1, 0.15) is 30.1 Å². The minimum atomic E-state index is -2.63. The van der Waals surface area contributed by atoms with E-state index in [1.807, 2.05) is 11.8 Å². The van der Waals surface area contributed by atoms with E-state index in [0.717, 1.165) is 12.8 Å². The standard InChI is InChI=1S/C17H22F2N4O2S/c1-11(14(24)21-12-4-5-12)22-7-9-23(10-8-22)16(25)13-3-2-6-20-15(13)26-17(18)19/h2-3,6,11-12,17H,4-5,7-10H2,1H3,(H,21,24). The molecule has 6 nitrogen and oxygen atoms in total. The third-order valence-electron chi connectivity index (χ3n) is 4.65. The molecule has 0 radical (unpaired) electrons. The third-order valence-corrected chi connectivity index (χ3v) is 5.38. The Morgan fingerprint density at radius 3 is 2.58 bits per heavy atom. The zero-order valence-corrected chi connectivity index (χ0v) is 15.3. The molecule has 1 aliphatic carbocycles. The normalized spacial score (nSPS) is 19.5. The van der Waals surface area contributed by atoms with Crippen molar-refractivity contribution in [2.24, 2.45) is 0 Å². The number of thioether (sulfide) groups is 1. The number of hydrogen-bond donors (Lipinski definition) is 1. The van der Waals surface area contributed by atoms with Crippen LogP contribution < -0.4 is 5.32 Å². The van der Waals surface area contributed by atoms with Gasteiger partial charge >= 0.3 is 0 Å². The van der Waals surface area contributed by atoms with E-state index in [4.69, 9.17) is 0 Å². The number of carbonyl (C=O) groups is 2. The van der Waals surface area contributed by atoms with Crippen LogP contribution in [0.5, 0.6) is 0 Å². The molecule has 26 heavy (non-hydrogen) atoms. The first-order valence-corrected chi connectivity index (χ1v) is 9.57. The molecule has 1 unspecified atom stereocenters. The van der Waals surface area contributed by atoms with Crippen LogP contribution in [0.15, 0.2) is 23.4 Å². The van der Waals surface area contributed by atoms with Crippen molar-refractivity contribution in [1.82, 2.24) is 20.1 Å². The molecule has 142 valence electrons. The van der Waals surface area contributed by atoms with Gasteiger partial charge in [0.05, 0.1) is 11.6 Å². The summed E-state index contributed by atoms with van der Waals surface area (Å²) in [7, 11) is 0. The molecule has 1 aliphatic heterocycles. The molecule has 1 saturated carbocycles. The molecule has 0 bridgehead atoms. The summed E-state index contributed by atoms with van der Waals surface area (Å²) in [5.74, 6) is -2.90. The Balaban J connectivity index is 1.57. The number of alkyl halides is 2. The molecule has 1 N–H and O–H groups in total. The number of nitrogens with one attached hydrogen (secondary N) is 1. The minimum absolute atomic E-state index is 0.0233. The number of pyridine rings is 1. The fourth-order valence-corrected chi connectivity index (χ4v) is 3.50. The third kappa shape index (κ3) is 4.70. The van der Waals surface area contributed by atoms with Crippen LogP contribution in [0.4, 0.5) is 8.78 Å². The second-order valence-corrected chi connectivity index (χ2v) is 7.50. The van der Waals surface area contributed by atoms with Crippen LogP contribution in [0.25, 0.3) is 0 Å². The summed E-state index contributed by atoms with van der Waals surface area (Å²) in [5.41, 5.74) is 0.200. The van der Waals surface area contributed by atoms with E-state index >= 15 is 0 Å². The van der Waals surface area contributed by atoms with Crippen LogP contribution in [-0.2, 0) is 4.79 Å². The Labute approximate surface area is 155 Å². The molecular weight excluding hydrogens is 362 g/mol. The Morgan fingerprint density at radius 1 is 1.27 bits per heavy atom. The van der Waals surface area contributed by atoms with Crippen LogP contribution in [-0.4, -0.2) is 70.6 Å². The lowest BCUT2D eigenvalue weighted by Crippen LogP contribution is -2.55. The molecule has 1 saturated heterocycles. The highest BCUT2D eigenvalue weighted by Crippen LogP contribution is 2.27. The molecule has 2 amide bonds. The van der Waals surface area contributed by atoms with Gasteiger partial charge in [0, 0.05) is 38.4 Å². The summed E-state index contributed by atoms with van der Waals surface area (Å²) in [4.78, 5) is 32.4. The molecule has 9 heteroatoms. The van der Waals surface area contributed by atoms with Gasteiger partial charge < -0.3 is 10.2 Å². The zero-order chi connectivity index (χ0) is 18.7. The van der Waals surface area contributed by atoms with Gasteiger partial charge in [-0.05, 0) is 43.7 Å². The van der Waals surface area contributed by atoms with Crippen molar-refractivity contribution in [1.29, 1.82) is 0 Å². The number of halogens is 2. The summed E-state index contributed by atoms with van der Waals surface area (Å²) < 4.78 is 25.3. The van der Waals surface area contributed by atoms with Crippen molar-refractivity contribution in [2.75, 3.05) is 26.2 Å². The second-order valence-electron chi connectivity index (χ2n) is 6.52. The number of rotatable bonds is 6. The fraction of sp³-hybridized carbons (Fsp3) is 0.588. The number of amides is 2. The van der Waals surface area contributed by atoms with Crippen LogP contribution in [0.2, 0.25) is 0 Å². The van der Waals surface area contributed by atoms with Gasteiger partial charge in [-0.15, -0.1) is 0 Å². The lowest BCUT2D eigenvalue weighted by Gasteiger charge is -2.37. The van der Waals surface area contributed by atoms with Crippen molar-refractivity contribution in [3.63, 3.8) is 0 Å². The summed E-state index contributed by atoms with van der Waals surface area (Å²) >= 11 is 0.283. The van der Waals surface area contributed by atoms with Gasteiger partial charge in [0.2, 0.25) is 5.91 Å². The highest BCUT2D eigenvalue weighted by molar-refractivity contribution is 7.99. The first-order valence-electron chi connectivity index (χ1n) is 8.69. The minimum Gasteiger partial charge on any atom is -0.352 e. The summed E-state index contributed by atoms with van der Waals surface area (Å²) in [6, 6.07) is 3.18. The van der Waals surface area contributed by atoms with Gasteiger partial charge in [0.15, 0.2) is 0 Å². The predicted molar refractivity (Wildman–Crippen MR) is 94.2 cm³/mol. The largest absolute Gasteiger partial charge is 0.352 e. The van der Waals surface area contributed by atoms with Gasteiger partial charge in [-0.25, -0.2) is 4.98 Å². The lowest BCUT2D eigenvalue weighted by molar-refractivity contribution is -0.126. The van der Waals surface area contributed by atoms with E-state index in [-0.39, 0.29) is 40.2 Å². The van der Waals surface area contributed by atoms with Gasteiger partial charge in [-0.1, -0.05) is 0 Å². The van der Waals surface area contributed by atoms with E-state index in [1.54, 1.807) is 11.0 Å². The Kier molecular flexibility index (Phi) is 6.08. The van der Waals surface area contributed by atoms with Gasteiger partial charge in [-0.3, -0.25) is 14.5 Å². The van der Waals surface area contributed by atoms with Crippen LogP contribution in [0, 0.1) is 0 Å². The maximum absolute atomic E-state index is 12.7. The number of nitrogens with zero attached hydrogens (tertiary/aromatic N) is 3. The molecule has 1 aromatic heterocycles.